The van der Waals surface area contributed by atoms with Crippen LogP contribution in [0.4, 0.5) is 5.95 Å². The van der Waals surface area contributed by atoms with E-state index in [1.165, 1.54) is 10.9 Å². The topological polar surface area (TPSA) is 158 Å². The molecule has 1 unspecified atom stereocenters. The van der Waals surface area contributed by atoms with Crippen LogP contribution in [0.15, 0.2) is 11.1 Å². The Bertz CT molecular complexity index is 855. The first kappa shape index (κ1) is 20.9. The Kier molecular flexibility index (Phi) is 6.86. The molecule has 2 aromatic rings. The molecule has 13 heteroatoms. The van der Waals surface area contributed by atoms with Crippen LogP contribution in [0, 0.1) is 0 Å². The predicted octanol–water partition coefficient (Wildman–Crippen LogP) is 0.604. The third-order valence-electron chi connectivity index (χ3n) is 3.15. The third-order valence-corrected chi connectivity index (χ3v) is 4.86. The summed E-state index contributed by atoms with van der Waals surface area (Å²) in [6, 6.07) is 0. The molecule has 0 aromatic carbocycles. The molecule has 2 heterocycles. The molecule has 0 saturated carbocycles. The molecule has 0 fully saturated rings. The molecule has 2 rings (SSSR count). The van der Waals surface area contributed by atoms with Crippen molar-refractivity contribution < 1.29 is 23.8 Å². The Hall–Kier alpha value is -1.40. The van der Waals surface area contributed by atoms with Gasteiger partial charge >= 0.3 is 6.72 Å². The number of nitrogens with one attached hydrogen (secondary N) is 1. The quantitative estimate of drug-likeness (QED) is 0.343. The number of nitrogens with two attached hydrogens (primary N) is 1. The molecular formula is C13H22N5O6PS. The van der Waals surface area contributed by atoms with Gasteiger partial charge in [-0.2, -0.15) is 4.98 Å². The molecule has 26 heavy (non-hydrogen) atoms. The summed E-state index contributed by atoms with van der Waals surface area (Å²) in [7, 11) is 0. The van der Waals surface area contributed by atoms with Crippen molar-refractivity contribution in [2.75, 3.05) is 12.3 Å². The second kappa shape index (κ2) is 8.53. The van der Waals surface area contributed by atoms with Crippen molar-refractivity contribution in [3.8, 4) is 0 Å². The highest BCUT2D eigenvalue weighted by molar-refractivity contribution is 8.07. The Morgan fingerprint density at radius 3 is 2.73 bits per heavy atom. The number of aromatic nitrogens is 4. The van der Waals surface area contributed by atoms with E-state index < -0.39 is 31.4 Å². The fourth-order valence-electron chi connectivity index (χ4n) is 2.16. The molecule has 146 valence electrons. The number of anilines is 1. The van der Waals surface area contributed by atoms with Crippen molar-refractivity contribution in [2.24, 2.45) is 0 Å². The first-order valence-electron chi connectivity index (χ1n) is 7.85. The molecule has 0 aliphatic rings. The molecule has 0 aliphatic carbocycles. The minimum atomic E-state index is -3.52. The Morgan fingerprint density at radius 1 is 1.46 bits per heavy atom. The second-order valence-electron chi connectivity index (χ2n) is 5.61. The lowest BCUT2D eigenvalue weighted by Gasteiger charge is -2.27. The molecule has 2 aromatic heterocycles. The maximum atomic E-state index is 11.9. The molecule has 0 radical (unpaired) electrons. The molecule has 5 N–H and O–H groups in total. The largest absolute Gasteiger partial charge is 0.392 e. The number of rotatable bonds is 9. The van der Waals surface area contributed by atoms with Crippen LogP contribution in [0.3, 0.4) is 0 Å². The van der Waals surface area contributed by atoms with E-state index in [1.54, 1.807) is 20.8 Å². The summed E-state index contributed by atoms with van der Waals surface area (Å²) in [6.45, 7) is 1.18. The Balaban J connectivity index is 2.25. The van der Waals surface area contributed by atoms with E-state index in [0.717, 1.165) is 0 Å². The third kappa shape index (κ3) is 5.07. The van der Waals surface area contributed by atoms with E-state index in [4.69, 9.17) is 31.3 Å². The van der Waals surface area contributed by atoms with Gasteiger partial charge in [0.25, 0.3) is 5.56 Å². The maximum absolute atomic E-state index is 11.9. The summed E-state index contributed by atoms with van der Waals surface area (Å²) in [5.41, 5.74) is 5.23. The first-order chi connectivity index (χ1) is 12.2. The zero-order chi connectivity index (χ0) is 19.5. The second-order valence-corrected chi connectivity index (χ2v) is 8.36. The summed E-state index contributed by atoms with van der Waals surface area (Å²) in [4.78, 5) is 32.3. The van der Waals surface area contributed by atoms with Gasteiger partial charge in [-0.25, -0.2) is 4.98 Å². The van der Waals surface area contributed by atoms with Crippen molar-refractivity contribution in [2.45, 2.75) is 45.8 Å². The molecular weight excluding hydrogens is 385 g/mol. The number of nitrogen functional groups attached to an aromatic ring is 1. The zero-order valence-electron chi connectivity index (χ0n) is 14.5. The molecule has 0 amide bonds. The van der Waals surface area contributed by atoms with Crippen molar-refractivity contribution >= 4 is 35.6 Å². The van der Waals surface area contributed by atoms with Gasteiger partial charge in [-0.1, -0.05) is 6.92 Å². The summed E-state index contributed by atoms with van der Waals surface area (Å²) >= 11 is 4.95. The van der Waals surface area contributed by atoms with Gasteiger partial charge in [-0.05, 0) is 32.1 Å². The number of aromatic amines is 1. The van der Waals surface area contributed by atoms with Crippen molar-refractivity contribution in [1.29, 1.82) is 0 Å². The minimum absolute atomic E-state index is 0.0469. The highest BCUT2D eigenvalue weighted by atomic mass is 32.5. The van der Waals surface area contributed by atoms with Gasteiger partial charge in [-0.3, -0.25) is 18.9 Å². The van der Waals surface area contributed by atoms with Crippen molar-refractivity contribution in [3.63, 3.8) is 0 Å². The van der Waals surface area contributed by atoms with Crippen LogP contribution in [0.25, 0.3) is 11.2 Å². The van der Waals surface area contributed by atoms with Crippen LogP contribution in [-0.4, -0.2) is 48.5 Å². The van der Waals surface area contributed by atoms with Gasteiger partial charge in [-0.15, -0.1) is 0 Å². The summed E-state index contributed by atoms with van der Waals surface area (Å²) in [5.74, 6) is -0.0968. The number of aliphatic hydroxyl groups excluding tert-OH is 1. The fourth-order valence-corrected chi connectivity index (χ4v) is 4.04. The molecule has 0 saturated heterocycles. The average Bonchev–Trinajstić information content (AvgIpc) is 2.93. The number of aliphatic hydroxyl groups is 1. The fraction of sp³-hybridized carbons (Fsp3) is 0.615. The summed E-state index contributed by atoms with van der Waals surface area (Å²) in [5, 5.41) is 9.70. The summed E-state index contributed by atoms with van der Waals surface area (Å²) < 4.78 is 17.6. The Labute approximate surface area is 154 Å². The van der Waals surface area contributed by atoms with Crippen molar-refractivity contribution in [1.82, 2.24) is 19.5 Å². The van der Waals surface area contributed by atoms with E-state index >= 15 is 0 Å². The number of nitrogens with zero attached hydrogens (tertiary/aromatic N) is 3. The minimum Gasteiger partial charge on any atom is -0.392 e. The highest BCUT2D eigenvalue weighted by Gasteiger charge is 2.27. The van der Waals surface area contributed by atoms with Gasteiger partial charge in [0, 0.05) is 0 Å². The van der Waals surface area contributed by atoms with Crippen LogP contribution in [0.2, 0.25) is 0 Å². The van der Waals surface area contributed by atoms with E-state index in [2.05, 4.69) is 15.0 Å². The van der Waals surface area contributed by atoms with Crippen LogP contribution in [0.1, 0.15) is 33.4 Å². The first-order valence-corrected chi connectivity index (χ1v) is 10.4. The van der Waals surface area contributed by atoms with Gasteiger partial charge in [0.15, 0.2) is 23.7 Å². The van der Waals surface area contributed by atoms with E-state index in [-0.39, 0.29) is 23.2 Å². The van der Waals surface area contributed by atoms with Crippen LogP contribution in [0.5, 0.6) is 0 Å². The van der Waals surface area contributed by atoms with Crippen LogP contribution in [-0.2, 0) is 25.6 Å². The molecule has 0 bridgehead atoms. The normalized spacial score (nSPS) is 16.7. The predicted molar refractivity (Wildman–Crippen MR) is 97.7 cm³/mol. The van der Waals surface area contributed by atoms with Crippen molar-refractivity contribution in [3.05, 3.63) is 16.7 Å². The zero-order valence-corrected chi connectivity index (χ0v) is 16.2. The SMILES string of the molecule is CC[C@@H](O[C@H](CO)n1cnc2c(=O)[nH]c(N)nc21)OP(O)(=S)OC(C)C. The monoisotopic (exact) mass is 407 g/mol. The highest BCUT2D eigenvalue weighted by Crippen LogP contribution is 2.47. The van der Waals surface area contributed by atoms with Gasteiger partial charge in [0.05, 0.1) is 19.0 Å². The standard InChI is InChI=1S/C13H22N5O6PS/c1-4-9(24-25(21,26)23-7(2)3)22-8(5-19)18-6-15-10-11(18)16-13(14)17-12(10)20/h6-9,19H,4-5H2,1-3H3,(H,21,26)(H3,14,16,17,20)/t8-,9+,25?/m1/s1. The van der Waals surface area contributed by atoms with Gasteiger partial charge in [0.1, 0.15) is 0 Å². The van der Waals surface area contributed by atoms with Gasteiger partial charge in [0.2, 0.25) is 5.95 Å². The average molecular weight is 407 g/mol. The maximum Gasteiger partial charge on any atom is 0.327 e. The lowest BCUT2D eigenvalue weighted by molar-refractivity contribution is -0.163. The smallest absolute Gasteiger partial charge is 0.327 e. The van der Waals surface area contributed by atoms with E-state index in [9.17, 15) is 14.8 Å². The van der Waals surface area contributed by atoms with E-state index in [1.807, 2.05) is 0 Å². The molecule has 0 spiro atoms. The number of ether oxygens (including phenoxy) is 1. The number of fused-ring (bicyclic) bond motifs is 1. The lowest BCUT2D eigenvalue weighted by atomic mass is 10.4. The number of imidazole rings is 1. The summed E-state index contributed by atoms with van der Waals surface area (Å²) in [6.07, 6.45) is -0.668. The molecule has 11 nitrogen and oxygen atoms in total. The Morgan fingerprint density at radius 2 is 2.15 bits per heavy atom. The lowest BCUT2D eigenvalue weighted by Crippen LogP contribution is -2.25. The van der Waals surface area contributed by atoms with Crippen LogP contribution >= 0.6 is 6.72 Å². The number of hydrogen-bond donors (Lipinski definition) is 4. The molecule has 3 atom stereocenters. The number of H-pyrrole nitrogens is 1. The van der Waals surface area contributed by atoms with E-state index in [0.29, 0.717) is 6.42 Å². The van der Waals surface area contributed by atoms with Crippen LogP contribution < -0.4 is 11.3 Å². The molecule has 0 aliphatic heterocycles. The number of hydrogen-bond acceptors (Lipinski definition) is 9. The van der Waals surface area contributed by atoms with Gasteiger partial charge < -0.3 is 25.0 Å².